The molecule has 0 aliphatic heterocycles. The molecule has 2 rings (SSSR count). The van der Waals surface area contributed by atoms with Gasteiger partial charge in [-0.3, -0.25) is 4.99 Å². The van der Waals surface area contributed by atoms with Crippen LogP contribution in [0.25, 0.3) is 0 Å². The highest BCUT2D eigenvalue weighted by Crippen LogP contribution is 2.42. The second-order valence-corrected chi connectivity index (χ2v) is 6.30. The molecular weight excluding hydrogens is 275 g/mol. The average Bonchev–Trinajstić information content (AvgIpc) is 2.41. The standard InChI is InChI=1S/C17H22F3N/c1-11-4-5-13(6-12(11)2)7-14-8-15(17(18,19)20)10-16(9-14)21-3/h4-5,7,12,14-16H,1,3,6,8-10H2,2H3. The third kappa shape index (κ3) is 4.08. The Kier molecular flexibility index (Phi) is 4.74. The van der Waals surface area contributed by atoms with E-state index in [0.29, 0.717) is 12.3 Å². The Morgan fingerprint density at radius 2 is 1.95 bits per heavy atom. The van der Waals surface area contributed by atoms with Crippen LogP contribution in [0, 0.1) is 17.8 Å². The van der Waals surface area contributed by atoms with E-state index in [1.165, 1.54) is 0 Å². The number of halogens is 3. The van der Waals surface area contributed by atoms with Gasteiger partial charge in [0.2, 0.25) is 0 Å². The number of hydrogen-bond acceptors (Lipinski definition) is 1. The number of nitrogens with zero attached hydrogens (tertiary/aromatic N) is 1. The lowest BCUT2D eigenvalue weighted by molar-refractivity contribution is -0.185. The van der Waals surface area contributed by atoms with Crippen molar-refractivity contribution in [1.82, 2.24) is 0 Å². The quantitative estimate of drug-likeness (QED) is 0.628. The Hall–Kier alpha value is -1.32. The van der Waals surface area contributed by atoms with Crippen LogP contribution in [0.2, 0.25) is 0 Å². The van der Waals surface area contributed by atoms with Crippen LogP contribution < -0.4 is 0 Å². The number of hydrogen-bond donors (Lipinski definition) is 0. The highest BCUT2D eigenvalue weighted by Gasteiger charge is 2.44. The first-order valence-corrected chi connectivity index (χ1v) is 7.39. The summed E-state index contributed by atoms with van der Waals surface area (Å²) in [6.07, 6.45) is 3.60. The second-order valence-electron chi connectivity index (χ2n) is 6.30. The topological polar surface area (TPSA) is 12.4 Å². The maximum Gasteiger partial charge on any atom is 0.391 e. The van der Waals surface area contributed by atoms with Gasteiger partial charge in [0.15, 0.2) is 0 Å². The van der Waals surface area contributed by atoms with Crippen molar-refractivity contribution in [1.29, 1.82) is 0 Å². The first-order valence-electron chi connectivity index (χ1n) is 7.39. The lowest BCUT2D eigenvalue weighted by Crippen LogP contribution is -2.34. The summed E-state index contributed by atoms with van der Waals surface area (Å²) < 4.78 is 39.0. The summed E-state index contributed by atoms with van der Waals surface area (Å²) in [6.45, 7) is 9.49. The Balaban J connectivity index is 2.13. The molecule has 2 aliphatic rings. The molecule has 1 fully saturated rings. The summed E-state index contributed by atoms with van der Waals surface area (Å²) >= 11 is 0. The summed E-state index contributed by atoms with van der Waals surface area (Å²) in [5.41, 5.74) is 2.19. The van der Waals surface area contributed by atoms with Gasteiger partial charge in [0.1, 0.15) is 0 Å². The Bertz CT molecular complexity index is 473. The predicted molar refractivity (Wildman–Crippen MR) is 80.4 cm³/mol. The summed E-state index contributed by atoms with van der Waals surface area (Å²) in [5, 5.41) is 0. The maximum absolute atomic E-state index is 13.0. The second kappa shape index (κ2) is 6.20. The molecule has 0 bridgehead atoms. The van der Waals surface area contributed by atoms with Crippen LogP contribution in [0.3, 0.4) is 0 Å². The van der Waals surface area contributed by atoms with Crippen molar-refractivity contribution in [2.75, 3.05) is 0 Å². The maximum atomic E-state index is 13.0. The minimum absolute atomic E-state index is 0.0703. The van der Waals surface area contributed by atoms with Gasteiger partial charge < -0.3 is 0 Å². The van der Waals surface area contributed by atoms with E-state index in [4.69, 9.17) is 0 Å². The normalized spacial score (nSPS) is 36.0. The average molecular weight is 297 g/mol. The van der Waals surface area contributed by atoms with Crippen molar-refractivity contribution in [3.05, 3.63) is 36.0 Å². The van der Waals surface area contributed by atoms with E-state index in [2.05, 4.69) is 25.2 Å². The minimum atomic E-state index is -4.13. The Morgan fingerprint density at radius 3 is 2.52 bits per heavy atom. The van der Waals surface area contributed by atoms with Crippen molar-refractivity contribution < 1.29 is 13.2 Å². The van der Waals surface area contributed by atoms with Crippen molar-refractivity contribution in [2.45, 2.75) is 44.8 Å². The van der Waals surface area contributed by atoms with Gasteiger partial charge in [-0.25, -0.2) is 0 Å². The van der Waals surface area contributed by atoms with Crippen LogP contribution in [-0.2, 0) is 0 Å². The zero-order chi connectivity index (χ0) is 15.6. The van der Waals surface area contributed by atoms with Crippen LogP contribution in [0.4, 0.5) is 13.2 Å². The molecule has 0 N–H and O–H groups in total. The molecule has 4 heteroatoms. The van der Waals surface area contributed by atoms with Gasteiger partial charge in [0, 0.05) is 0 Å². The molecule has 0 amide bonds. The molecule has 0 aromatic rings. The molecule has 0 saturated heterocycles. The first kappa shape index (κ1) is 16.1. The van der Waals surface area contributed by atoms with E-state index in [1.54, 1.807) is 0 Å². The molecule has 0 aromatic heterocycles. The molecule has 4 atom stereocenters. The molecule has 0 aromatic carbocycles. The third-order valence-corrected chi connectivity index (χ3v) is 4.58. The number of allylic oxidation sites excluding steroid dienone is 5. The lowest BCUT2D eigenvalue weighted by Gasteiger charge is -2.33. The predicted octanol–water partition coefficient (Wildman–Crippen LogP) is 5.11. The molecule has 1 nitrogen and oxygen atoms in total. The largest absolute Gasteiger partial charge is 0.391 e. The smallest absolute Gasteiger partial charge is 0.298 e. The van der Waals surface area contributed by atoms with Crippen LogP contribution in [0.15, 0.2) is 40.9 Å². The van der Waals surface area contributed by atoms with E-state index in [9.17, 15) is 13.2 Å². The van der Waals surface area contributed by atoms with Crippen molar-refractivity contribution in [3.8, 4) is 0 Å². The third-order valence-electron chi connectivity index (χ3n) is 4.58. The van der Waals surface area contributed by atoms with Gasteiger partial charge in [-0.15, -0.1) is 0 Å². The van der Waals surface area contributed by atoms with Crippen LogP contribution in [0.5, 0.6) is 0 Å². The molecular formula is C17H22F3N. The van der Waals surface area contributed by atoms with E-state index in [-0.39, 0.29) is 24.8 Å². The molecule has 116 valence electrons. The summed E-state index contributed by atoms with van der Waals surface area (Å²) in [7, 11) is 0. The van der Waals surface area contributed by atoms with Gasteiger partial charge >= 0.3 is 6.18 Å². The molecule has 1 saturated carbocycles. The van der Waals surface area contributed by atoms with Gasteiger partial charge in [-0.2, -0.15) is 13.2 Å². The first-order chi connectivity index (χ1) is 9.79. The van der Waals surface area contributed by atoms with Crippen molar-refractivity contribution in [2.24, 2.45) is 22.7 Å². The van der Waals surface area contributed by atoms with E-state index >= 15 is 0 Å². The zero-order valence-corrected chi connectivity index (χ0v) is 12.4. The monoisotopic (exact) mass is 297 g/mol. The molecule has 0 heterocycles. The lowest BCUT2D eigenvalue weighted by atomic mass is 9.76. The van der Waals surface area contributed by atoms with Gasteiger partial charge in [-0.05, 0) is 44.2 Å². The molecule has 0 radical (unpaired) electrons. The number of aliphatic imine (C=N–C) groups is 1. The van der Waals surface area contributed by atoms with E-state index in [1.807, 2.05) is 18.2 Å². The summed E-state index contributed by atoms with van der Waals surface area (Å²) in [6, 6.07) is -0.285. The Morgan fingerprint density at radius 1 is 1.24 bits per heavy atom. The zero-order valence-electron chi connectivity index (χ0n) is 12.4. The summed E-state index contributed by atoms with van der Waals surface area (Å²) in [4.78, 5) is 3.87. The highest BCUT2D eigenvalue weighted by molar-refractivity contribution is 5.34. The van der Waals surface area contributed by atoms with Crippen molar-refractivity contribution in [3.63, 3.8) is 0 Å². The summed E-state index contributed by atoms with van der Waals surface area (Å²) in [5.74, 6) is -0.973. The van der Waals surface area contributed by atoms with Crippen LogP contribution in [0.1, 0.15) is 32.6 Å². The van der Waals surface area contributed by atoms with Crippen LogP contribution in [-0.4, -0.2) is 18.9 Å². The number of rotatable bonds is 2. The SMILES string of the molecule is C=NC1CC(C=C2C=CC(=C)C(C)C2)CC(C(F)(F)F)C1. The number of alkyl halides is 3. The Labute approximate surface area is 124 Å². The van der Waals surface area contributed by atoms with Crippen molar-refractivity contribution >= 4 is 6.72 Å². The fourth-order valence-electron chi connectivity index (χ4n) is 3.24. The highest BCUT2D eigenvalue weighted by atomic mass is 19.4. The van der Waals surface area contributed by atoms with E-state index in [0.717, 1.165) is 17.6 Å². The van der Waals surface area contributed by atoms with Gasteiger partial charge in [0.05, 0.1) is 12.0 Å². The fraction of sp³-hybridized carbons (Fsp3) is 0.588. The minimum Gasteiger partial charge on any atom is -0.298 e. The van der Waals surface area contributed by atoms with Gasteiger partial charge in [0.25, 0.3) is 0 Å². The van der Waals surface area contributed by atoms with E-state index < -0.39 is 12.1 Å². The van der Waals surface area contributed by atoms with Gasteiger partial charge in [-0.1, -0.05) is 42.9 Å². The molecule has 4 unspecified atom stereocenters. The van der Waals surface area contributed by atoms with Crippen LogP contribution >= 0.6 is 0 Å². The fourth-order valence-corrected chi connectivity index (χ4v) is 3.24. The molecule has 0 spiro atoms. The molecule has 2 aliphatic carbocycles. The molecule has 21 heavy (non-hydrogen) atoms.